The zero-order valence-corrected chi connectivity index (χ0v) is 10.5. The van der Waals surface area contributed by atoms with Crippen molar-refractivity contribution in [3.8, 4) is 0 Å². The molecule has 0 unspecified atom stereocenters. The van der Waals surface area contributed by atoms with Crippen molar-refractivity contribution in [3.63, 3.8) is 0 Å². The quantitative estimate of drug-likeness (QED) is 0.849. The van der Waals surface area contributed by atoms with E-state index in [4.69, 9.17) is 5.73 Å². The van der Waals surface area contributed by atoms with Crippen LogP contribution >= 0.6 is 0 Å². The lowest BCUT2D eigenvalue weighted by Gasteiger charge is -2.19. The van der Waals surface area contributed by atoms with Gasteiger partial charge in [0.1, 0.15) is 5.82 Å². The molecular formula is C13H21FN2. The molecule has 90 valence electrons. The van der Waals surface area contributed by atoms with Crippen molar-refractivity contribution in [2.45, 2.75) is 32.4 Å². The van der Waals surface area contributed by atoms with Gasteiger partial charge in [-0.3, -0.25) is 0 Å². The van der Waals surface area contributed by atoms with E-state index in [0.717, 1.165) is 11.1 Å². The topological polar surface area (TPSA) is 29.3 Å². The van der Waals surface area contributed by atoms with Crippen molar-refractivity contribution >= 4 is 0 Å². The summed E-state index contributed by atoms with van der Waals surface area (Å²) in [6.45, 7) is 4.51. The van der Waals surface area contributed by atoms with Gasteiger partial charge in [-0.1, -0.05) is 12.1 Å². The van der Waals surface area contributed by atoms with Crippen LogP contribution in [0.15, 0.2) is 18.2 Å². The van der Waals surface area contributed by atoms with Crippen LogP contribution in [-0.2, 0) is 13.0 Å². The second-order valence-electron chi connectivity index (χ2n) is 5.33. The first kappa shape index (κ1) is 13.1. The molecule has 0 atom stereocenters. The molecule has 0 bridgehead atoms. The highest BCUT2D eigenvalue weighted by Crippen LogP contribution is 2.15. The molecule has 0 radical (unpaired) electrons. The van der Waals surface area contributed by atoms with Crippen LogP contribution in [0.1, 0.15) is 25.0 Å². The number of hydrogen-bond acceptors (Lipinski definition) is 2. The normalized spacial score (nSPS) is 12.2. The molecule has 0 aliphatic carbocycles. The van der Waals surface area contributed by atoms with E-state index >= 15 is 0 Å². The minimum atomic E-state index is -0.296. The Bertz CT molecular complexity index is 353. The van der Waals surface area contributed by atoms with Gasteiger partial charge in [-0.25, -0.2) is 4.39 Å². The summed E-state index contributed by atoms with van der Waals surface area (Å²) < 4.78 is 13.7. The Morgan fingerprint density at radius 3 is 2.38 bits per heavy atom. The SMILES string of the molecule is CN(C)Cc1ccc(CC(C)(C)N)cc1F. The second kappa shape index (κ2) is 4.93. The van der Waals surface area contributed by atoms with Crippen LogP contribution < -0.4 is 5.73 Å². The van der Waals surface area contributed by atoms with Crippen molar-refractivity contribution < 1.29 is 4.39 Å². The predicted molar refractivity (Wildman–Crippen MR) is 65.8 cm³/mol. The Kier molecular flexibility index (Phi) is 4.05. The third-order valence-corrected chi connectivity index (χ3v) is 2.26. The summed E-state index contributed by atoms with van der Waals surface area (Å²) in [5, 5.41) is 0. The minimum absolute atomic E-state index is 0.143. The predicted octanol–water partition coefficient (Wildman–Crippen LogP) is 2.17. The van der Waals surface area contributed by atoms with Gasteiger partial charge < -0.3 is 10.6 Å². The van der Waals surface area contributed by atoms with Crippen LogP contribution in [-0.4, -0.2) is 24.5 Å². The Morgan fingerprint density at radius 1 is 1.31 bits per heavy atom. The molecule has 1 aromatic carbocycles. The van der Waals surface area contributed by atoms with Crippen molar-refractivity contribution in [2.75, 3.05) is 14.1 Å². The van der Waals surface area contributed by atoms with E-state index < -0.39 is 0 Å². The molecule has 1 aromatic rings. The summed E-state index contributed by atoms with van der Waals surface area (Å²) in [7, 11) is 3.85. The van der Waals surface area contributed by atoms with E-state index in [1.54, 1.807) is 6.07 Å². The fourth-order valence-corrected chi connectivity index (χ4v) is 1.70. The molecule has 2 nitrogen and oxygen atoms in total. The third-order valence-electron chi connectivity index (χ3n) is 2.26. The van der Waals surface area contributed by atoms with Gasteiger partial charge >= 0.3 is 0 Å². The van der Waals surface area contributed by atoms with E-state index in [1.165, 1.54) is 0 Å². The molecule has 0 aliphatic rings. The number of hydrogen-bond donors (Lipinski definition) is 1. The van der Waals surface area contributed by atoms with E-state index in [1.807, 2.05) is 45.0 Å². The fraction of sp³-hybridized carbons (Fsp3) is 0.538. The summed E-state index contributed by atoms with van der Waals surface area (Å²) in [4.78, 5) is 1.95. The van der Waals surface area contributed by atoms with Gasteiger partial charge in [0.25, 0.3) is 0 Å². The lowest BCUT2D eigenvalue weighted by Crippen LogP contribution is -2.34. The molecule has 0 aliphatic heterocycles. The molecule has 0 fully saturated rings. The molecule has 0 spiro atoms. The molecule has 0 aromatic heterocycles. The van der Waals surface area contributed by atoms with E-state index in [-0.39, 0.29) is 11.4 Å². The third kappa shape index (κ3) is 4.29. The Hall–Kier alpha value is -0.930. The molecule has 2 N–H and O–H groups in total. The molecule has 0 saturated carbocycles. The molecular weight excluding hydrogens is 203 g/mol. The minimum Gasteiger partial charge on any atom is -0.325 e. The highest BCUT2D eigenvalue weighted by atomic mass is 19.1. The molecule has 0 saturated heterocycles. The zero-order valence-electron chi connectivity index (χ0n) is 10.5. The molecule has 0 amide bonds. The van der Waals surface area contributed by atoms with Gasteiger partial charge in [0.15, 0.2) is 0 Å². The van der Waals surface area contributed by atoms with Crippen molar-refractivity contribution in [2.24, 2.45) is 5.73 Å². The Morgan fingerprint density at radius 2 is 1.94 bits per heavy atom. The highest BCUT2D eigenvalue weighted by molar-refractivity contribution is 5.25. The monoisotopic (exact) mass is 224 g/mol. The van der Waals surface area contributed by atoms with Gasteiger partial charge in [0.2, 0.25) is 0 Å². The largest absolute Gasteiger partial charge is 0.325 e. The summed E-state index contributed by atoms with van der Waals surface area (Å²) in [5.74, 6) is -0.143. The summed E-state index contributed by atoms with van der Waals surface area (Å²) in [6, 6.07) is 5.39. The van der Waals surface area contributed by atoms with Crippen LogP contribution in [0.2, 0.25) is 0 Å². The number of nitrogens with zero attached hydrogens (tertiary/aromatic N) is 1. The number of benzene rings is 1. The number of halogens is 1. The van der Waals surface area contributed by atoms with E-state index in [2.05, 4.69) is 0 Å². The standard InChI is InChI=1S/C13H21FN2/c1-13(2,15)8-10-5-6-11(9-16(3)4)12(14)7-10/h5-7H,8-9,15H2,1-4H3. The van der Waals surface area contributed by atoms with Gasteiger partial charge in [0.05, 0.1) is 0 Å². The first-order valence-corrected chi connectivity index (χ1v) is 5.49. The molecule has 1 rings (SSSR count). The summed E-state index contributed by atoms with van der Waals surface area (Å²) >= 11 is 0. The van der Waals surface area contributed by atoms with Crippen LogP contribution in [0.3, 0.4) is 0 Å². The maximum absolute atomic E-state index is 13.7. The Balaban J connectivity index is 2.83. The van der Waals surface area contributed by atoms with E-state index in [0.29, 0.717) is 13.0 Å². The molecule has 16 heavy (non-hydrogen) atoms. The van der Waals surface area contributed by atoms with E-state index in [9.17, 15) is 4.39 Å². The first-order valence-electron chi connectivity index (χ1n) is 5.49. The smallest absolute Gasteiger partial charge is 0.127 e. The van der Waals surface area contributed by atoms with Crippen LogP contribution in [0.4, 0.5) is 4.39 Å². The number of nitrogens with two attached hydrogens (primary N) is 1. The lowest BCUT2D eigenvalue weighted by molar-refractivity contribution is 0.392. The number of rotatable bonds is 4. The van der Waals surface area contributed by atoms with Crippen LogP contribution in [0.5, 0.6) is 0 Å². The van der Waals surface area contributed by atoms with Crippen molar-refractivity contribution in [3.05, 3.63) is 35.1 Å². The molecule has 3 heteroatoms. The maximum Gasteiger partial charge on any atom is 0.127 e. The lowest BCUT2D eigenvalue weighted by atomic mass is 9.95. The van der Waals surface area contributed by atoms with Crippen LogP contribution in [0, 0.1) is 5.82 Å². The first-order chi connectivity index (χ1) is 7.28. The van der Waals surface area contributed by atoms with Crippen molar-refractivity contribution in [1.82, 2.24) is 4.90 Å². The highest BCUT2D eigenvalue weighted by Gasteiger charge is 2.13. The maximum atomic E-state index is 13.7. The van der Waals surface area contributed by atoms with Gasteiger partial charge in [-0.15, -0.1) is 0 Å². The van der Waals surface area contributed by atoms with Gasteiger partial charge in [0, 0.05) is 17.6 Å². The second-order valence-corrected chi connectivity index (χ2v) is 5.33. The Labute approximate surface area is 97.3 Å². The average Bonchev–Trinajstić information content (AvgIpc) is 2.06. The van der Waals surface area contributed by atoms with Gasteiger partial charge in [-0.2, -0.15) is 0 Å². The van der Waals surface area contributed by atoms with Crippen LogP contribution in [0.25, 0.3) is 0 Å². The van der Waals surface area contributed by atoms with Gasteiger partial charge in [-0.05, 0) is 46.0 Å². The van der Waals surface area contributed by atoms with Crippen molar-refractivity contribution in [1.29, 1.82) is 0 Å². The summed E-state index contributed by atoms with van der Waals surface area (Å²) in [5.41, 5.74) is 7.29. The summed E-state index contributed by atoms with van der Waals surface area (Å²) in [6.07, 6.45) is 0.687. The fourth-order valence-electron chi connectivity index (χ4n) is 1.70. The zero-order chi connectivity index (χ0) is 12.3. The average molecular weight is 224 g/mol. The molecule has 0 heterocycles.